The molecule has 0 saturated heterocycles. The zero-order chi connectivity index (χ0) is 24.7. The number of amides is 1. The number of methoxy groups -OCH3 is 1. The molecule has 0 aliphatic carbocycles. The molecule has 0 atom stereocenters. The van der Waals surface area contributed by atoms with Crippen molar-refractivity contribution < 1.29 is 14.3 Å². The molecule has 0 aliphatic rings. The molecule has 0 unspecified atom stereocenters. The van der Waals surface area contributed by atoms with Crippen LogP contribution in [0.15, 0.2) is 65.8 Å². The third-order valence-electron chi connectivity index (χ3n) is 5.48. The van der Waals surface area contributed by atoms with Gasteiger partial charge in [0.05, 0.1) is 19.4 Å². The average molecular weight is 475 g/mol. The van der Waals surface area contributed by atoms with Gasteiger partial charge in [-0.1, -0.05) is 57.2 Å². The number of hydrogen-bond acceptors (Lipinski definition) is 5. The predicted octanol–water partition coefficient (Wildman–Crippen LogP) is 6.25. The van der Waals surface area contributed by atoms with Crippen LogP contribution in [0.3, 0.4) is 0 Å². The number of allylic oxidation sites excluding steroid dienone is 1. The Bertz CT molecular complexity index is 1100. The maximum atomic E-state index is 12.3. The van der Waals surface area contributed by atoms with Crippen molar-refractivity contribution in [2.24, 2.45) is 5.10 Å². The van der Waals surface area contributed by atoms with Gasteiger partial charge in [0.1, 0.15) is 17.2 Å². The van der Waals surface area contributed by atoms with E-state index < -0.39 is 0 Å². The first-order valence-corrected chi connectivity index (χ1v) is 12.1. The first-order valence-electron chi connectivity index (χ1n) is 12.1. The van der Waals surface area contributed by atoms with Crippen LogP contribution in [0.25, 0.3) is 17.3 Å². The van der Waals surface area contributed by atoms with Crippen LogP contribution >= 0.6 is 0 Å². The summed E-state index contributed by atoms with van der Waals surface area (Å²) >= 11 is 0. The van der Waals surface area contributed by atoms with E-state index >= 15 is 0 Å². The van der Waals surface area contributed by atoms with Gasteiger partial charge in [0.2, 0.25) is 0 Å². The molecule has 0 saturated carbocycles. The number of benzene rings is 2. The number of nitrogens with one attached hydrogen (secondary N) is 2. The number of hydrazone groups is 1. The van der Waals surface area contributed by atoms with Gasteiger partial charge in [0.25, 0.3) is 5.91 Å². The minimum Gasteiger partial charge on any atom is -0.496 e. The monoisotopic (exact) mass is 474 g/mol. The number of rotatable bonds is 14. The lowest BCUT2D eigenvalue weighted by Crippen LogP contribution is -2.17. The summed E-state index contributed by atoms with van der Waals surface area (Å²) in [6, 6.07) is 17.1. The fourth-order valence-corrected chi connectivity index (χ4v) is 3.53. The molecule has 7 heteroatoms. The van der Waals surface area contributed by atoms with Gasteiger partial charge < -0.3 is 9.47 Å². The van der Waals surface area contributed by atoms with Gasteiger partial charge in [-0.05, 0) is 55.0 Å². The topological polar surface area (TPSA) is 88.6 Å². The predicted molar refractivity (Wildman–Crippen MR) is 141 cm³/mol. The Morgan fingerprint density at radius 2 is 1.83 bits per heavy atom. The van der Waals surface area contributed by atoms with E-state index in [2.05, 4.69) is 27.6 Å². The lowest BCUT2D eigenvalue weighted by atomic mass is 10.1. The second-order valence-electron chi connectivity index (χ2n) is 8.13. The van der Waals surface area contributed by atoms with Crippen molar-refractivity contribution in [3.8, 4) is 22.8 Å². The molecule has 1 amide bonds. The van der Waals surface area contributed by atoms with Crippen LogP contribution in [0.1, 0.15) is 61.5 Å². The SMILES string of the molecule is CCCCCCCCOc1ccc(-c2cc(C(=O)N/N=C/C=C/c3ccccc3OC)[nH]n2)cc1. The lowest BCUT2D eigenvalue weighted by molar-refractivity contribution is 0.0950. The highest BCUT2D eigenvalue weighted by molar-refractivity contribution is 5.94. The van der Waals surface area contributed by atoms with E-state index in [1.54, 1.807) is 19.3 Å². The van der Waals surface area contributed by atoms with E-state index in [0.717, 1.165) is 35.7 Å². The van der Waals surface area contributed by atoms with Crippen molar-refractivity contribution in [3.63, 3.8) is 0 Å². The van der Waals surface area contributed by atoms with Crippen LogP contribution in [0.4, 0.5) is 0 Å². The third-order valence-corrected chi connectivity index (χ3v) is 5.48. The summed E-state index contributed by atoms with van der Waals surface area (Å²) in [6.45, 7) is 2.96. The molecule has 0 fully saturated rings. The van der Waals surface area contributed by atoms with E-state index in [1.165, 1.54) is 38.3 Å². The van der Waals surface area contributed by atoms with Crippen LogP contribution in [0, 0.1) is 0 Å². The van der Waals surface area contributed by atoms with E-state index in [9.17, 15) is 4.79 Å². The van der Waals surface area contributed by atoms with Gasteiger partial charge in [-0.3, -0.25) is 9.89 Å². The number of hydrogen-bond donors (Lipinski definition) is 2. The summed E-state index contributed by atoms with van der Waals surface area (Å²) in [5.41, 5.74) is 5.32. The van der Waals surface area contributed by atoms with Crippen molar-refractivity contribution in [1.29, 1.82) is 0 Å². The number of para-hydroxylation sites is 1. The molecule has 3 rings (SSSR count). The number of carbonyl (C=O) groups is 1. The highest BCUT2D eigenvalue weighted by Crippen LogP contribution is 2.22. The molecule has 0 radical (unpaired) electrons. The first-order chi connectivity index (χ1) is 17.2. The molecule has 184 valence electrons. The summed E-state index contributed by atoms with van der Waals surface area (Å²) in [5.74, 6) is 1.24. The molecular weight excluding hydrogens is 440 g/mol. The minimum atomic E-state index is -0.371. The smallest absolute Gasteiger partial charge is 0.289 e. The largest absolute Gasteiger partial charge is 0.496 e. The molecule has 0 aliphatic heterocycles. The molecule has 3 aromatic rings. The standard InChI is InChI=1S/C28H34N4O3/c1-3-4-5-6-7-10-20-35-24-17-15-22(16-18-24)25-21-26(31-30-25)28(33)32-29-19-11-13-23-12-8-9-14-27(23)34-2/h8-9,11-19,21H,3-7,10,20H2,1-2H3,(H,30,31)(H,32,33)/b13-11+,29-19+. The zero-order valence-corrected chi connectivity index (χ0v) is 20.5. The Morgan fingerprint density at radius 3 is 2.63 bits per heavy atom. The lowest BCUT2D eigenvalue weighted by Gasteiger charge is -2.06. The summed E-state index contributed by atoms with van der Waals surface area (Å²) in [6.07, 6.45) is 12.5. The fourth-order valence-electron chi connectivity index (χ4n) is 3.53. The maximum Gasteiger partial charge on any atom is 0.289 e. The van der Waals surface area contributed by atoms with Gasteiger partial charge in [0.15, 0.2) is 0 Å². The Balaban J connectivity index is 1.44. The van der Waals surface area contributed by atoms with E-state index in [1.807, 2.05) is 54.6 Å². The van der Waals surface area contributed by atoms with Gasteiger partial charge in [-0.2, -0.15) is 10.2 Å². The Hall–Kier alpha value is -3.87. The number of unbranched alkanes of at least 4 members (excludes halogenated alkanes) is 5. The number of aromatic amines is 1. The molecule has 1 heterocycles. The molecule has 2 aromatic carbocycles. The van der Waals surface area contributed by atoms with Crippen molar-refractivity contribution in [2.45, 2.75) is 45.4 Å². The summed E-state index contributed by atoms with van der Waals surface area (Å²) in [7, 11) is 1.62. The molecule has 0 spiro atoms. The zero-order valence-electron chi connectivity index (χ0n) is 20.5. The second kappa shape index (κ2) is 14.4. The van der Waals surface area contributed by atoms with E-state index in [0.29, 0.717) is 11.4 Å². The molecule has 2 N–H and O–H groups in total. The van der Waals surface area contributed by atoms with E-state index in [4.69, 9.17) is 9.47 Å². The van der Waals surface area contributed by atoms with Gasteiger partial charge >= 0.3 is 0 Å². The molecule has 7 nitrogen and oxygen atoms in total. The minimum absolute atomic E-state index is 0.328. The highest BCUT2D eigenvalue weighted by atomic mass is 16.5. The molecule has 35 heavy (non-hydrogen) atoms. The first kappa shape index (κ1) is 25.7. The third kappa shape index (κ3) is 8.45. The summed E-state index contributed by atoms with van der Waals surface area (Å²) < 4.78 is 11.1. The number of carbonyl (C=O) groups excluding carboxylic acids is 1. The quantitative estimate of drug-likeness (QED) is 0.164. The van der Waals surface area contributed by atoms with Crippen LogP contribution in [0.5, 0.6) is 11.5 Å². The molecular formula is C28H34N4O3. The van der Waals surface area contributed by atoms with Crippen molar-refractivity contribution in [3.05, 3.63) is 71.9 Å². The second-order valence-corrected chi connectivity index (χ2v) is 8.13. The van der Waals surface area contributed by atoms with Gasteiger partial charge in [-0.15, -0.1) is 0 Å². The van der Waals surface area contributed by atoms with E-state index in [-0.39, 0.29) is 5.91 Å². The number of H-pyrrole nitrogens is 1. The normalized spacial score (nSPS) is 11.3. The average Bonchev–Trinajstić information content (AvgIpc) is 3.39. The Morgan fingerprint density at radius 1 is 1.06 bits per heavy atom. The van der Waals surface area contributed by atoms with Crippen molar-refractivity contribution >= 4 is 18.2 Å². The maximum absolute atomic E-state index is 12.3. The summed E-state index contributed by atoms with van der Waals surface area (Å²) in [4.78, 5) is 12.3. The Labute approximate surface area is 207 Å². The fraction of sp³-hybridized carbons (Fsp3) is 0.321. The summed E-state index contributed by atoms with van der Waals surface area (Å²) in [5, 5.41) is 11.0. The Kier molecular flexibility index (Phi) is 10.6. The van der Waals surface area contributed by atoms with Gasteiger partial charge in [-0.25, -0.2) is 5.43 Å². The van der Waals surface area contributed by atoms with Crippen molar-refractivity contribution in [1.82, 2.24) is 15.6 Å². The number of ether oxygens (including phenoxy) is 2. The van der Waals surface area contributed by atoms with Crippen molar-refractivity contribution in [2.75, 3.05) is 13.7 Å². The van der Waals surface area contributed by atoms with Crippen LogP contribution < -0.4 is 14.9 Å². The number of nitrogens with zero attached hydrogens (tertiary/aromatic N) is 2. The van der Waals surface area contributed by atoms with Crippen LogP contribution in [0.2, 0.25) is 0 Å². The number of aromatic nitrogens is 2. The molecule has 0 bridgehead atoms. The van der Waals surface area contributed by atoms with Crippen LogP contribution in [-0.4, -0.2) is 36.0 Å². The highest BCUT2D eigenvalue weighted by Gasteiger charge is 2.10. The van der Waals surface area contributed by atoms with Crippen LogP contribution in [-0.2, 0) is 0 Å². The van der Waals surface area contributed by atoms with Gasteiger partial charge in [0, 0.05) is 17.3 Å². The molecule has 1 aromatic heterocycles.